The minimum absolute atomic E-state index is 0.0474. The van der Waals surface area contributed by atoms with Crippen LogP contribution in [0.1, 0.15) is 47.5 Å². The smallest absolute Gasteiger partial charge is 0.274 e. The molecule has 0 radical (unpaired) electrons. The summed E-state index contributed by atoms with van der Waals surface area (Å²) in [6.07, 6.45) is 4.85. The summed E-state index contributed by atoms with van der Waals surface area (Å²) < 4.78 is 22.6. The van der Waals surface area contributed by atoms with Crippen molar-refractivity contribution in [3.05, 3.63) is 64.3 Å². The molecule has 3 aromatic rings. The van der Waals surface area contributed by atoms with E-state index in [9.17, 15) is 14.0 Å². The van der Waals surface area contributed by atoms with Crippen LogP contribution >= 0.6 is 15.9 Å². The fraction of sp³-hybridized carbons (Fsp3) is 0.318. The predicted molar refractivity (Wildman–Crippen MR) is 118 cm³/mol. The van der Waals surface area contributed by atoms with Crippen LogP contribution in [0.3, 0.4) is 0 Å². The first kappa shape index (κ1) is 21.5. The van der Waals surface area contributed by atoms with Gasteiger partial charge in [0.2, 0.25) is 0 Å². The maximum absolute atomic E-state index is 14.3. The van der Waals surface area contributed by atoms with Gasteiger partial charge in [0.05, 0.1) is 23.6 Å². The highest BCUT2D eigenvalue weighted by Gasteiger charge is 2.31. The van der Waals surface area contributed by atoms with Gasteiger partial charge < -0.3 is 15.4 Å². The lowest BCUT2D eigenvalue weighted by Crippen LogP contribution is -2.33. The van der Waals surface area contributed by atoms with Gasteiger partial charge in [0.1, 0.15) is 17.2 Å². The van der Waals surface area contributed by atoms with E-state index in [2.05, 4.69) is 31.5 Å². The summed E-state index contributed by atoms with van der Waals surface area (Å²) in [5, 5.41) is 5.35. The van der Waals surface area contributed by atoms with E-state index in [0.29, 0.717) is 12.2 Å². The minimum atomic E-state index is -0.637. The first-order valence-electron chi connectivity index (χ1n) is 9.91. The Morgan fingerprint density at radius 3 is 2.84 bits per heavy atom. The third-order valence-electron chi connectivity index (χ3n) is 5.23. The number of benzene rings is 1. The molecule has 0 spiro atoms. The van der Waals surface area contributed by atoms with E-state index < -0.39 is 11.7 Å². The van der Waals surface area contributed by atoms with E-state index >= 15 is 0 Å². The number of fused-ring (bicyclic) bond motifs is 1. The first-order valence-corrected chi connectivity index (χ1v) is 10.7. The number of ether oxygens (including phenoxy) is 1. The number of hydrogen-bond donors (Lipinski definition) is 2. The highest BCUT2D eigenvalue weighted by Crippen LogP contribution is 2.29. The normalized spacial score (nSPS) is 17.6. The molecule has 0 bridgehead atoms. The lowest BCUT2D eigenvalue weighted by atomic mass is 10.1. The van der Waals surface area contributed by atoms with E-state index in [-0.39, 0.29) is 34.6 Å². The molecule has 0 saturated carbocycles. The Morgan fingerprint density at radius 1 is 1.29 bits per heavy atom. The van der Waals surface area contributed by atoms with Crippen LogP contribution < -0.4 is 10.6 Å². The SMILES string of the molecule is CC1(C)CC[C@@H](CNC(=O)c2ccc(F)c(NC(=O)c3cnc4cc(Br)ccn34)c2)O1. The van der Waals surface area contributed by atoms with Crippen LogP contribution in [-0.2, 0) is 4.74 Å². The Balaban J connectivity index is 1.46. The van der Waals surface area contributed by atoms with E-state index in [1.807, 2.05) is 13.8 Å². The standard InChI is InChI=1S/C22H22BrFN4O3/c1-22(2)7-5-15(31-22)11-26-20(29)13-3-4-16(24)17(9-13)27-21(30)18-12-25-19-10-14(23)6-8-28(18)19/h3-4,6,8-10,12,15H,5,7,11H2,1-2H3,(H,26,29)(H,27,30)/t15-/m0/s1. The molecule has 1 saturated heterocycles. The Bertz CT molecular complexity index is 1160. The molecular weight excluding hydrogens is 467 g/mol. The molecule has 4 rings (SSSR count). The number of halogens is 2. The van der Waals surface area contributed by atoms with Crippen molar-refractivity contribution in [2.24, 2.45) is 0 Å². The van der Waals surface area contributed by atoms with Crippen molar-refractivity contribution in [1.82, 2.24) is 14.7 Å². The molecular formula is C22H22BrFN4O3. The van der Waals surface area contributed by atoms with Gasteiger partial charge in [-0.1, -0.05) is 15.9 Å². The van der Waals surface area contributed by atoms with Crippen molar-refractivity contribution in [2.45, 2.75) is 38.4 Å². The number of amides is 2. The number of carbonyl (C=O) groups is 2. The van der Waals surface area contributed by atoms with Gasteiger partial charge in [0.15, 0.2) is 0 Å². The minimum Gasteiger partial charge on any atom is -0.371 e. The third kappa shape index (κ3) is 4.77. The van der Waals surface area contributed by atoms with Crippen LogP contribution in [0.2, 0.25) is 0 Å². The van der Waals surface area contributed by atoms with Gasteiger partial charge in [0.25, 0.3) is 11.8 Å². The molecule has 3 heterocycles. The summed E-state index contributed by atoms with van der Waals surface area (Å²) in [7, 11) is 0. The topological polar surface area (TPSA) is 84.7 Å². The van der Waals surface area contributed by atoms with E-state index in [1.165, 1.54) is 18.3 Å². The van der Waals surface area contributed by atoms with Gasteiger partial charge in [-0.05, 0) is 57.0 Å². The number of rotatable bonds is 5. The zero-order valence-electron chi connectivity index (χ0n) is 17.1. The second kappa shape index (κ2) is 8.39. The summed E-state index contributed by atoms with van der Waals surface area (Å²) in [5.74, 6) is -1.53. The molecule has 0 unspecified atom stereocenters. The molecule has 7 nitrogen and oxygen atoms in total. The average Bonchev–Trinajstić information content (AvgIpc) is 3.29. The van der Waals surface area contributed by atoms with Gasteiger partial charge in [-0.15, -0.1) is 0 Å². The molecule has 9 heteroatoms. The summed E-state index contributed by atoms with van der Waals surface area (Å²) in [6, 6.07) is 7.39. The van der Waals surface area contributed by atoms with Gasteiger partial charge >= 0.3 is 0 Å². The van der Waals surface area contributed by atoms with Gasteiger partial charge in [-0.3, -0.25) is 14.0 Å². The number of nitrogens with one attached hydrogen (secondary N) is 2. The van der Waals surface area contributed by atoms with Crippen molar-refractivity contribution in [3.63, 3.8) is 0 Å². The van der Waals surface area contributed by atoms with E-state index in [4.69, 9.17) is 4.74 Å². The highest BCUT2D eigenvalue weighted by molar-refractivity contribution is 9.10. The maximum Gasteiger partial charge on any atom is 0.274 e. The lowest BCUT2D eigenvalue weighted by Gasteiger charge is -2.19. The van der Waals surface area contributed by atoms with Crippen molar-refractivity contribution in [1.29, 1.82) is 0 Å². The summed E-state index contributed by atoms with van der Waals surface area (Å²) in [6.45, 7) is 4.41. The molecule has 31 heavy (non-hydrogen) atoms. The van der Waals surface area contributed by atoms with Crippen LogP contribution in [0.4, 0.5) is 10.1 Å². The monoisotopic (exact) mass is 488 g/mol. The summed E-state index contributed by atoms with van der Waals surface area (Å²) in [5.41, 5.74) is 0.804. The molecule has 162 valence electrons. The number of carbonyl (C=O) groups excluding carboxylic acids is 2. The average molecular weight is 489 g/mol. The number of hydrogen-bond acceptors (Lipinski definition) is 4. The molecule has 2 N–H and O–H groups in total. The molecule has 1 fully saturated rings. The zero-order valence-corrected chi connectivity index (χ0v) is 18.7. The zero-order chi connectivity index (χ0) is 22.2. The predicted octanol–water partition coefficient (Wildman–Crippen LogP) is 4.18. The van der Waals surface area contributed by atoms with Gasteiger partial charge in [0, 0.05) is 22.8 Å². The Kier molecular flexibility index (Phi) is 5.81. The molecule has 1 aliphatic rings. The van der Waals surface area contributed by atoms with Gasteiger partial charge in [-0.25, -0.2) is 9.37 Å². The molecule has 2 amide bonds. The van der Waals surface area contributed by atoms with Crippen LogP contribution in [0.25, 0.3) is 5.65 Å². The lowest BCUT2D eigenvalue weighted by molar-refractivity contribution is -0.0138. The number of nitrogens with zero attached hydrogens (tertiary/aromatic N) is 2. The molecule has 2 aromatic heterocycles. The molecule has 1 aliphatic heterocycles. The second-order valence-electron chi connectivity index (χ2n) is 8.11. The van der Waals surface area contributed by atoms with E-state index in [0.717, 1.165) is 23.4 Å². The molecule has 1 aromatic carbocycles. The van der Waals surface area contributed by atoms with Crippen molar-refractivity contribution >= 4 is 39.1 Å². The summed E-state index contributed by atoms with van der Waals surface area (Å²) in [4.78, 5) is 29.4. The first-order chi connectivity index (χ1) is 14.7. The fourth-order valence-corrected chi connectivity index (χ4v) is 3.93. The van der Waals surface area contributed by atoms with Crippen molar-refractivity contribution in [3.8, 4) is 0 Å². The van der Waals surface area contributed by atoms with E-state index in [1.54, 1.807) is 22.7 Å². The number of imidazole rings is 1. The van der Waals surface area contributed by atoms with Crippen molar-refractivity contribution in [2.75, 3.05) is 11.9 Å². The van der Waals surface area contributed by atoms with Crippen molar-refractivity contribution < 1.29 is 18.7 Å². The van der Waals surface area contributed by atoms with Crippen LogP contribution in [0.15, 0.2) is 47.2 Å². The largest absolute Gasteiger partial charge is 0.371 e. The van der Waals surface area contributed by atoms with Gasteiger partial charge in [-0.2, -0.15) is 0 Å². The Labute approximate surface area is 187 Å². The summed E-state index contributed by atoms with van der Waals surface area (Å²) >= 11 is 3.35. The molecule has 1 atom stereocenters. The fourth-order valence-electron chi connectivity index (χ4n) is 3.60. The Morgan fingerprint density at radius 2 is 2.10 bits per heavy atom. The number of pyridine rings is 1. The third-order valence-corrected chi connectivity index (χ3v) is 5.72. The van der Waals surface area contributed by atoms with Crippen LogP contribution in [0.5, 0.6) is 0 Å². The maximum atomic E-state index is 14.3. The van der Waals surface area contributed by atoms with Crippen LogP contribution in [-0.4, -0.2) is 39.4 Å². The quantitative estimate of drug-likeness (QED) is 0.564. The number of anilines is 1. The number of aromatic nitrogens is 2. The molecule has 0 aliphatic carbocycles. The van der Waals surface area contributed by atoms with Crippen LogP contribution in [0, 0.1) is 5.82 Å². The Hall–Kier alpha value is -2.78. The highest BCUT2D eigenvalue weighted by atomic mass is 79.9. The second-order valence-corrected chi connectivity index (χ2v) is 9.03.